The Morgan fingerprint density at radius 2 is 1.48 bits per heavy atom. The van der Waals surface area contributed by atoms with Crippen molar-refractivity contribution in [2.45, 2.75) is 40.8 Å². The third kappa shape index (κ3) is 4.59. The number of para-hydroxylation sites is 1. The average molecular weight is 601 g/mol. The number of fused-ring (bicyclic) bond motifs is 4. The summed E-state index contributed by atoms with van der Waals surface area (Å²) in [4.78, 5) is 9.49. The van der Waals surface area contributed by atoms with Crippen molar-refractivity contribution in [2.24, 2.45) is 0 Å². The number of aromatic nitrogens is 2. The monoisotopic (exact) mass is 600 g/mol. The lowest BCUT2D eigenvalue weighted by molar-refractivity contribution is 0.469. The molecule has 0 fully saturated rings. The molecular formula is C41H36N4O. The molecule has 46 heavy (non-hydrogen) atoms. The van der Waals surface area contributed by atoms with Crippen molar-refractivity contribution in [3.8, 4) is 17.3 Å². The highest BCUT2D eigenvalue weighted by molar-refractivity contribution is 6.10. The molecular weight excluding hydrogens is 564 g/mol. The van der Waals surface area contributed by atoms with Crippen molar-refractivity contribution in [3.05, 3.63) is 155 Å². The quantitative estimate of drug-likeness (QED) is 0.197. The topological polar surface area (TPSA) is 33.5 Å². The highest BCUT2D eigenvalue weighted by Crippen LogP contribution is 2.41. The molecule has 0 saturated carbocycles. The van der Waals surface area contributed by atoms with Gasteiger partial charge in [-0.25, -0.2) is 4.98 Å². The first kappa shape index (κ1) is 28.0. The molecule has 0 radical (unpaired) electrons. The second kappa shape index (κ2) is 10.8. The van der Waals surface area contributed by atoms with Gasteiger partial charge in [-0.15, -0.1) is 0 Å². The average Bonchev–Trinajstić information content (AvgIpc) is 3.57. The molecule has 4 heterocycles. The lowest BCUT2D eigenvalue weighted by Gasteiger charge is -2.33. The van der Waals surface area contributed by atoms with Gasteiger partial charge in [0.15, 0.2) is 0 Å². The van der Waals surface area contributed by atoms with Crippen molar-refractivity contribution in [3.63, 3.8) is 0 Å². The van der Waals surface area contributed by atoms with Crippen molar-refractivity contribution in [2.75, 3.05) is 4.90 Å². The maximum Gasteiger partial charge on any atom is 0.137 e. The van der Waals surface area contributed by atoms with Gasteiger partial charge in [-0.2, -0.15) is 0 Å². The Morgan fingerprint density at radius 1 is 0.674 bits per heavy atom. The van der Waals surface area contributed by atoms with E-state index in [0.717, 1.165) is 34.1 Å². The maximum absolute atomic E-state index is 6.61. The predicted octanol–water partition coefficient (Wildman–Crippen LogP) is 10.0. The minimum Gasteiger partial charge on any atom is -0.457 e. The standard InChI is InChI=1S/C41H36N4O/c1-26-17-18-42-38(22-26)45-36-24-33(15-16-34(36)35-21-27(2)20-30(5)41(35)45)46-32-13-9-12-31(23-32)37-25-44(39-14-6-7-19-43(37)39)40-28(3)10-8-11-29(40)4/h6-25,39H,1-5H3. The van der Waals surface area contributed by atoms with Gasteiger partial charge in [-0.05, 0) is 111 Å². The van der Waals surface area contributed by atoms with E-state index in [2.05, 4.69) is 152 Å². The minimum atomic E-state index is 0.0797. The van der Waals surface area contributed by atoms with Gasteiger partial charge in [0.05, 0.1) is 16.7 Å². The largest absolute Gasteiger partial charge is 0.457 e. The van der Waals surface area contributed by atoms with E-state index in [-0.39, 0.29) is 6.17 Å². The van der Waals surface area contributed by atoms with Crippen molar-refractivity contribution >= 4 is 33.2 Å². The van der Waals surface area contributed by atoms with E-state index < -0.39 is 0 Å². The number of hydrogen-bond donors (Lipinski definition) is 0. The van der Waals surface area contributed by atoms with Crippen LogP contribution in [0.1, 0.15) is 33.4 Å². The lowest BCUT2D eigenvalue weighted by atomic mass is 10.1. The number of nitrogens with zero attached hydrogens (tertiary/aromatic N) is 4. The smallest absolute Gasteiger partial charge is 0.137 e. The molecule has 1 unspecified atom stereocenters. The van der Waals surface area contributed by atoms with Crippen molar-refractivity contribution < 1.29 is 4.74 Å². The molecule has 5 heteroatoms. The minimum absolute atomic E-state index is 0.0797. The Labute approximate surface area is 270 Å². The molecule has 4 aromatic carbocycles. The number of pyridine rings is 1. The van der Waals surface area contributed by atoms with Crippen LogP contribution in [0.2, 0.25) is 0 Å². The molecule has 5 nitrogen and oxygen atoms in total. The zero-order valence-corrected chi connectivity index (χ0v) is 26.8. The third-order valence-electron chi connectivity index (χ3n) is 9.11. The summed E-state index contributed by atoms with van der Waals surface area (Å²) < 4.78 is 8.89. The van der Waals surface area contributed by atoms with Crippen LogP contribution in [-0.4, -0.2) is 20.6 Å². The Kier molecular flexibility index (Phi) is 6.57. The van der Waals surface area contributed by atoms with E-state index in [1.165, 1.54) is 49.8 Å². The van der Waals surface area contributed by atoms with Crippen molar-refractivity contribution in [1.82, 2.24) is 14.5 Å². The summed E-state index contributed by atoms with van der Waals surface area (Å²) in [5, 5.41) is 2.41. The van der Waals surface area contributed by atoms with Crippen molar-refractivity contribution in [1.29, 1.82) is 0 Å². The molecule has 0 spiro atoms. The third-order valence-corrected chi connectivity index (χ3v) is 9.11. The number of aryl methyl sites for hydroxylation is 5. The van der Waals surface area contributed by atoms with Gasteiger partial charge in [-0.3, -0.25) is 4.57 Å². The number of anilines is 1. The maximum atomic E-state index is 6.61. The molecule has 8 rings (SSSR count). The molecule has 0 amide bonds. The number of allylic oxidation sites excluding steroid dienone is 2. The van der Waals surface area contributed by atoms with Gasteiger partial charge in [0.2, 0.25) is 0 Å². The molecule has 0 saturated heterocycles. The molecule has 226 valence electrons. The van der Waals surface area contributed by atoms with Crippen LogP contribution < -0.4 is 9.64 Å². The summed E-state index contributed by atoms with van der Waals surface area (Å²) in [7, 11) is 0. The van der Waals surface area contributed by atoms with E-state index in [1.807, 2.05) is 18.3 Å². The first-order valence-corrected chi connectivity index (χ1v) is 15.8. The van der Waals surface area contributed by atoms with Gasteiger partial charge in [-0.1, -0.05) is 48.0 Å². The fourth-order valence-electron chi connectivity index (χ4n) is 7.15. The van der Waals surface area contributed by atoms with Gasteiger partial charge in [0, 0.05) is 46.7 Å². The molecule has 0 aliphatic carbocycles. The van der Waals surface area contributed by atoms with Crippen LogP contribution in [0, 0.1) is 34.6 Å². The molecule has 1 atom stereocenters. The summed E-state index contributed by atoms with van der Waals surface area (Å²) >= 11 is 0. The zero-order valence-electron chi connectivity index (χ0n) is 26.8. The van der Waals surface area contributed by atoms with Crippen LogP contribution in [0.25, 0.3) is 33.3 Å². The molecule has 0 N–H and O–H groups in total. The van der Waals surface area contributed by atoms with E-state index in [0.29, 0.717) is 0 Å². The van der Waals surface area contributed by atoms with Crippen LogP contribution >= 0.6 is 0 Å². The number of hydrogen-bond acceptors (Lipinski definition) is 4. The Hall–Kier alpha value is -5.55. The van der Waals surface area contributed by atoms with Crippen LogP contribution in [0.15, 0.2) is 122 Å². The Morgan fingerprint density at radius 3 is 2.30 bits per heavy atom. The fraction of sp³-hybridized carbons (Fsp3) is 0.146. The molecule has 2 aromatic heterocycles. The number of rotatable bonds is 5. The van der Waals surface area contributed by atoms with Crippen LogP contribution in [-0.2, 0) is 0 Å². The summed E-state index contributed by atoms with van der Waals surface area (Å²) in [6.07, 6.45) is 12.9. The first-order valence-electron chi connectivity index (χ1n) is 15.8. The number of ether oxygens (including phenoxy) is 1. The highest BCUT2D eigenvalue weighted by Gasteiger charge is 2.33. The summed E-state index contributed by atoms with van der Waals surface area (Å²) in [5.41, 5.74) is 11.9. The number of benzene rings is 4. The van der Waals surface area contributed by atoms with Crippen LogP contribution in [0.3, 0.4) is 0 Å². The first-order chi connectivity index (χ1) is 22.4. The zero-order chi connectivity index (χ0) is 31.5. The lowest BCUT2D eigenvalue weighted by Crippen LogP contribution is -2.36. The van der Waals surface area contributed by atoms with E-state index >= 15 is 0 Å². The van der Waals surface area contributed by atoms with Gasteiger partial charge in [0.1, 0.15) is 23.5 Å². The normalized spacial score (nSPS) is 15.6. The van der Waals surface area contributed by atoms with Crippen LogP contribution in [0.4, 0.5) is 5.69 Å². The van der Waals surface area contributed by atoms with E-state index in [1.54, 1.807) is 0 Å². The van der Waals surface area contributed by atoms with Gasteiger partial charge in [0.25, 0.3) is 0 Å². The predicted molar refractivity (Wildman–Crippen MR) is 190 cm³/mol. The SMILES string of the molecule is Cc1ccnc(-n2c3cc(Oc4cccc(C5=CN(c6c(C)cccc6C)C6C=CC=CN56)c4)ccc3c3cc(C)cc(C)c32)c1. The second-order valence-electron chi connectivity index (χ2n) is 12.5. The van der Waals surface area contributed by atoms with E-state index in [4.69, 9.17) is 9.72 Å². The molecule has 2 aliphatic heterocycles. The second-order valence-corrected chi connectivity index (χ2v) is 12.5. The summed E-state index contributed by atoms with van der Waals surface area (Å²) in [5.74, 6) is 2.48. The summed E-state index contributed by atoms with van der Waals surface area (Å²) in [6.45, 7) is 10.8. The van der Waals surface area contributed by atoms with Gasteiger partial charge < -0.3 is 14.5 Å². The molecule has 6 aromatic rings. The Bertz CT molecular complexity index is 2250. The highest BCUT2D eigenvalue weighted by atomic mass is 16.5. The van der Waals surface area contributed by atoms with E-state index in [9.17, 15) is 0 Å². The fourth-order valence-corrected chi connectivity index (χ4v) is 7.15. The molecule has 0 bridgehead atoms. The molecule has 2 aliphatic rings. The van der Waals surface area contributed by atoms with Gasteiger partial charge >= 0.3 is 0 Å². The van der Waals surface area contributed by atoms with Crippen LogP contribution in [0.5, 0.6) is 11.5 Å². The summed E-state index contributed by atoms with van der Waals surface area (Å²) in [6, 6.07) is 30.0. The Balaban J connectivity index is 1.20.